The van der Waals surface area contributed by atoms with Crippen LogP contribution in [0.25, 0.3) is 21.6 Å². The second kappa shape index (κ2) is 11.5. The Kier molecular flexibility index (Phi) is 8.15. The fourth-order valence-corrected chi connectivity index (χ4v) is 6.73. The molecule has 1 unspecified atom stereocenters. The van der Waals surface area contributed by atoms with E-state index >= 15 is 0 Å². The first-order valence-electron chi connectivity index (χ1n) is 12.3. The van der Waals surface area contributed by atoms with E-state index in [1.165, 1.54) is 12.0 Å². The van der Waals surface area contributed by atoms with E-state index in [9.17, 15) is 4.21 Å². The Hall–Kier alpha value is -2.45. The summed E-state index contributed by atoms with van der Waals surface area (Å²) in [5.41, 5.74) is 1.51. The van der Waals surface area contributed by atoms with Crippen molar-refractivity contribution in [3.63, 3.8) is 0 Å². The van der Waals surface area contributed by atoms with E-state index in [1.54, 1.807) is 30.9 Å². The van der Waals surface area contributed by atoms with E-state index in [2.05, 4.69) is 32.9 Å². The van der Waals surface area contributed by atoms with Crippen LogP contribution in [0.15, 0.2) is 12.3 Å². The minimum atomic E-state index is -0.893. The molecule has 0 amide bonds. The van der Waals surface area contributed by atoms with E-state index in [0.717, 1.165) is 61.6 Å². The number of aromatic nitrogens is 4. The highest BCUT2D eigenvalue weighted by Gasteiger charge is 2.26. The van der Waals surface area contributed by atoms with Crippen molar-refractivity contribution in [3.8, 4) is 23.3 Å². The molecule has 0 saturated carbocycles. The molecule has 1 atom stereocenters. The molecule has 0 spiro atoms. The topological polar surface area (TPSA) is 106 Å². The summed E-state index contributed by atoms with van der Waals surface area (Å²) >= 11 is 1.74. The molecule has 2 aliphatic heterocycles. The van der Waals surface area contributed by atoms with Crippen LogP contribution in [0.4, 0.5) is 5.82 Å². The Labute approximate surface area is 223 Å². The van der Waals surface area contributed by atoms with Crippen LogP contribution in [-0.2, 0) is 22.3 Å². The molecule has 0 aliphatic carbocycles. The smallest absolute Gasteiger partial charge is 0.319 e. The number of morpholine rings is 1. The van der Waals surface area contributed by atoms with Gasteiger partial charge in [-0.25, -0.2) is 23.5 Å². The number of thiophene rings is 1. The molecule has 0 bridgehead atoms. The molecular formula is C24H33N7O4S2. The first kappa shape index (κ1) is 26.2. The van der Waals surface area contributed by atoms with Gasteiger partial charge in [-0.05, 0) is 26.0 Å². The highest BCUT2D eigenvalue weighted by molar-refractivity contribution is 7.81. The van der Waals surface area contributed by atoms with Gasteiger partial charge in [0.2, 0.25) is 5.88 Å². The van der Waals surface area contributed by atoms with Crippen molar-refractivity contribution < 1.29 is 18.4 Å². The standard InChI is InChI=1S/C24H33N7O4S2/c1-29(16-5-7-31(8-6-16)37(4)32)15-17-13-19-20(36-17)22(30-9-11-35-12-10-30)27-21(26-19)18-14-25-24(34-3)28-23(18)33-2/h13-14,16H,5-12,15H2,1-4H3. The van der Waals surface area contributed by atoms with E-state index in [1.807, 2.05) is 4.31 Å². The van der Waals surface area contributed by atoms with Crippen molar-refractivity contribution in [1.82, 2.24) is 29.1 Å². The Morgan fingerprint density at radius 2 is 1.89 bits per heavy atom. The Morgan fingerprint density at radius 3 is 2.57 bits per heavy atom. The van der Waals surface area contributed by atoms with E-state index in [4.69, 9.17) is 24.2 Å². The second-order valence-electron chi connectivity index (χ2n) is 9.18. The third-order valence-electron chi connectivity index (χ3n) is 6.88. The van der Waals surface area contributed by atoms with Crippen LogP contribution in [-0.4, -0.2) is 106 Å². The van der Waals surface area contributed by atoms with Crippen LogP contribution in [0.5, 0.6) is 11.9 Å². The minimum absolute atomic E-state index is 0.229. The number of methoxy groups -OCH3 is 2. The maximum atomic E-state index is 11.8. The van der Waals surface area contributed by atoms with Crippen molar-refractivity contribution in [2.45, 2.75) is 25.4 Å². The molecule has 13 heteroatoms. The lowest BCUT2D eigenvalue weighted by Crippen LogP contribution is -2.43. The van der Waals surface area contributed by atoms with Crippen molar-refractivity contribution in [2.24, 2.45) is 0 Å². The van der Waals surface area contributed by atoms with Crippen molar-refractivity contribution in [1.29, 1.82) is 0 Å². The first-order chi connectivity index (χ1) is 18.0. The zero-order chi connectivity index (χ0) is 25.9. The summed E-state index contributed by atoms with van der Waals surface area (Å²) < 4.78 is 31.2. The van der Waals surface area contributed by atoms with Crippen molar-refractivity contribution >= 4 is 38.4 Å². The predicted octanol–water partition coefficient (Wildman–Crippen LogP) is 2.19. The summed E-state index contributed by atoms with van der Waals surface area (Å²) in [4.78, 5) is 24.4. The molecule has 37 heavy (non-hydrogen) atoms. The van der Waals surface area contributed by atoms with Gasteiger partial charge in [-0.3, -0.25) is 4.90 Å². The van der Waals surface area contributed by atoms with Gasteiger partial charge >= 0.3 is 6.01 Å². The van der Waals surface area contributed by atoms with Crippen LogP contribution in [0.3, 0.4) is 0 Å². The SMILES string of the molecule is COc1ncc(-c2nc(N3CCOCC3)c3sc(CN(C)C4CCN(S(C)=O)CC4)cc3n2)c(OC)n1. The summed E-state index contributed by atoms with van der Waals surface area (Å²) in [6.45, 7) is 5.43. The highest BCUT2D eigenvalue weighted by Crippen LogP contribution is 2.37. The molecule has 11 nitrogen and oxygen atoms in total. The van der Waals surface area contributed by atoms with Crippen LogP contribution in [0, 0.1) is 0 Å². The third-order valence-corrected chi connectivity index (χ3v) is 9.08. The normalized spacial score (nSPS) is 18.5. The molecule has 3 aromatic rings. The average molecular weight is 548 g/mol. The number of hydrogen-bond acceptors (Lipinski definition) is 11. The predicted molar refractivity (Wildman–Crippen MR) is 145 cm³/mol. The Balaban J connectivity index is 1.47. The lowest BCUT2D eigenvalue weighted by atomic mass is 10.1. The number of piperidine rings is 1. The fourth-order valence-electron chi connectivity index (χ4n) is 4.83. The van der Waals surface area contributed by atoms with Gasteiger partial charge in [0, 0.05) is 56.1 Å². The maximum absolute atomic E-state index is 11.8. The molecule has 200 valence electrons. The summed E-state index contributed by atoms with van der Waals surface area (Å²) in [5, 5.41) is 0. The van der Waals surface area contributed by atoms with Gasteiger partial charge in [-0.1, -0.05) is 0 Å². The zero-order valence-corrected chi connectivity index (χ0v) is 23.3. The van der Waals surface area contributed by atoms with Crippen LogP contribution in [0.1, 0.15) is 17.7 Å². The monoisotopic (exact) mass is 547 g/mol. The molecular weight excluding hydrogens is 514 g/mol. The third kappa shape index (κ3) is 5.70. The number of ether oxygens (including phenoxy) is 3. The van der Waals surface area contributed by atoms with Crippen molar-refractivity contribution in [2.75, 3.05) is 71.8 Å². The summed E-state index contributed by atoms with van der Waals surface area (Å²) in [5.74, 6) is 1.79. The Bertz CT molecular complexity index is 1260. The molecule has 2 aliphatic rings. The molecule has 5 heterocycles. The van der Waals surface area contributed by atoms with Crippen LogP contribution < -0.4 is 14.4 Å². The largest absolute Gasteiger partial charge is 0.480 e. The van der Waals surface area contributed by atoms with E-state index in [0.29, 0.717) is 36.5 Å². The van der Waals surface area contributed by atoms with Gasteiger partial charge < -0.3 is 19.1 Å². The van der Waals surface area contributed by atoms with Gasteiger partial charge in [0.25, 0.3) is 0 Å². The lowest BCUT2D eigenvalue weighted by Gasteiger charge is -2.35. The summed E-state index contributed by atoms with van der Waals surface area (Å²) in [7, 11) is 4.36. The summed E-state index contributed by atoms with van der Waals surface area (Å²) in [6.07, 6.45) is 5.43. The first-order valence-corrected chi connectivity index (χ1v) is 14.7. The van der Waals surface area contributed by atoms with Gasteiger partial charge in [-0.2, -0.15) is 4.98 Å². The number of nitrogens with zero attached hydrogens (tertiary/aromatic N) is 7. The van der Waals surface area contributed by atoms with Crippen molar-refractivity contribution in [3.05, 3.63) is 17.1 Å². The number of hydrogen-bond donors (Lipinski definition) is 0. The maximum Gasteiger partial charge on any atom is 0.319 e. The molecule has 0 aromatic carbocycles. The molecule has 2 saturated heterocycles. The molecule has 5 rings (SSSR count). The van der Waals surface area contributed by atoms with E-state index in [-0.39, 0.29) is 6.01 Å². The van der Waals surface area contributed by atoms with Gasteiger partial charge in [0.15, 0.2) is 11.6 Å². The van der Waals surface area contributed by atoms with Gasteiger partial charge in [0.05, 0.1) is 48.6 Å². The second-order valence-corrected chi connectivity index (χ2v) is 11.7. The minimum Gasteiger partial charge on any atom is -0.480 e. The van der Waals surface area contributed by atoms with Gasteiger partial charge in [-0.15, -0.1) is 11.3 Å². The molecule has 0 N–H and O–H groups in total. The molecule has 3 aromatic heterocycles. The highest BCUT2D eigenvalue weighted by atomic mass is 32.2. The summed E-state index contributed by atoms with van der Waals surface area (Å²) in [6, 6.07) is 2.86. The van der Waals surface area contributed by atoms with Crippen LogP contribution in [0.2, 0.25) is 0 Å². The average Bonchev–Trinajstić information content (AvgIpc) is 3.34. The number of anilines is 1. The quantitative estimate of drug-likeness (QED) is 0.417. The number of rotatable bonds is 8. The van der Waals surface area contributed by atoms with Crippen LogP contribution >= 0.6 is 11.3 Å². The molecule has 2 fully saturated rings. The Morgan fingerprint density at radius 1 is 1.14 bits per heavy atom. The van der Waals surface area contributed by atoms with Gasteiger partial charge in [0.1, 0.15) is 5.56 Å². The lowest BCUT2D eigenvalue weighted by molar-refractivity contribution is 0.122. The fraction of sp³-hybridized carbons (Fsp3) is 0.583. The van der Waals surface area contributed by atoms with E-state index < -0.39 is 11.0 Å². The zero-order valence-electron chi connectivity index (χ0n) is 21.7. The molecule has 0 radical (unpaired) electrons. The number of fused-ring (bicyclic) bond motifs is 1.